The molecule has 0 saturated heterocycles. The maximum absolute atomic E-state index is 12.8. The molecule has 1 amide bonds. The monoisotopic (exact) mass is 247 g/mol. The Labute approximate surface area is 107 Å². The van der Waals surface area contributed by atoms with Gasteiger partial charge in [0.15, 0.2) is 0 Å². The number of benzene rings is 1. The Morgan fingerprint density at radius 3 is 2.67 bits per heavy atom. The van der Waals surface area contributed by atoms with Crippen LogP contribution in [0.3, 0.4) is 0 Å². The molecule has 0 N–H and O–H groups in total. The maximum atomic E-state index is 12.8. The van der Waals surface area contributed by atoms with E-state index in [0.29, 0.717) is 6.54 Å². The molecule has 2 nitrogen and oxygen atoms in total. The van der Waals surface area contributed by atoms with Gasteiger partial charge in [-0.05, 0) is 37.0 Å². The number of halogens is 1. The van der Waals surface area contributed by atoms with E-state index in [4.69, 9.17) is 0 Å². The van der Waals surface area contributed by atoms with E-state index in [1.54, 1.807) is 17.0 Å². The minimum atomic E-state index is -0.245. The molecule has 0 aromatic heterocycles. The second kappa shape index (κ2) is 5.80. The van der Waals surface area contributed by atoms with E-state index in [-0.39, 0.29) is 17.6 Å². The van der Waals surface area contributed by atoms with Crippen molar-refractivity contribution in [1.82, 2.24) is 4.90 Å². The number of carbonyl (C=O) groups excluding carboxylic acids is 1. The van der Waals surface area contributed by atoms with Gasteiger partial charge in [-0.2, -0.15) is 0 Å². The van der Waals surface area contributed by atoms with E-state index in [0.717, 1.165) is 24.8 Å². The Hall–Kier alpha value is -1.64. The summed E-state index contributed by atoms with van der Waals surface area (Å²) < 4.78 is 12.8. The first-order valence-electron chi connectivity index (χ1n) is 6.31. The minimum absolute atomic E-state index is 0.112. The molecule has 0 bridgehead atoms. The van der Waals surface area contributed by atoms with Gasteiger partial charge >= 0.3 is 0 Å². The Balaban J connectivity index is 1.94. The molecule has 1 unspecified atom stereocenters. The van der Waals surface area contributed by atoms with Crippen LogP contribution in [0.4, 0.5) is 4.39 Å². The third-order valence-corrected chi connectivity index (χ3v) is 3.33. The number of rotatable bonds is 3. The van der Waals surface area contributed by atoms with Crippen LogP contribution in [-0.2, 0) is 11.3 Å². The lowest BCUT2D eigenvalue weighted by atomic mass is 9.93. The predicted molar refractivity (Wildman–Crippen MR) is 69.4 cm³/mol. The van der Waals surface area contributed by atoms with Gasteiger partial charge in [-0.25, -0.2) is 4.39 Å². The lowest BCUT2D eigenvalue weighted by molar-refractivity contribution is -0.135. The number of carbonyl (C=O) groups is 1. The number of hydrogen-bond acceptors (Lipinski definition) is 1. The zero-order valence-electron chi connectivity index (χ0n) is 10.6. The third-order valence-electron chi connectivity index (χ3n) is 3.33. The molecule has 1 aromatic carbocycles. The fourth-order valence-electron chi connectivity index (χ4n) is 2.27. The van der Waals surface area contributed by atoms with E-state index >= 15 is 0 Å². The lowest BCUT2D eigenvalue weighted by Crippen LogP contribution is -2.32. The standard InChI is InChI=1S/C15H18FNO/c1-17(11-12-7-9-14(16)10-8-12)15(18)13-5-3-2-4-6-13/h2-3,7-10,13H,4-6,11H2,1H3. The van der Waals surface area contributed by atoms with Gasteiger partial charge in [0.2, 0.25) is 5.91 Å². The molecule has 0 fully saturated rings. The van der Waals surface area contributed by atoms with Crippen molar-refractivity contribution in [1.29, 1.82) is 0 Å². The molecule has 96 valence electrons. The second-order valence-corrected chi connectivity index (χ2v) is 4.80. The van der Waals surface area contributed by atoms with Gasteiger partial charge in [-0.1, -0.05) is 24.3 Å². The topological polar surface area (TPSA) is 20.3 Å². The summed E-state index contributed by atoms with van der Waals surface area (Å²) in [5, 5.41) is 0. The summed E-state index contributed by atoms with van der Waals surface area (Å²) in [5.41, 5.74) is 0.957. The van der Waals surface area contributed by atoms with Gasteiger partial charge in [0.25, 0.3) is 0 Å². The number of allylic oxidation sites excluding steroid dienone is 2. The van der Waals surface area contributed by atoms with Gasteiger partial charge in [0.05, 0.1) is 0 Å². The third kappa shape index (κ3) is 3.19. The number of hydrogen-bond donors (Lipinski definition) is 0. The first-order chi connectivity index (χ1) is 8.66. The average molecular weight is 247 g/mol. The molecule has 0 saturated carbocycles. The summed E-state index contributed by atoms with van der Waals surface area (Å²) in [6, 6.07) is 6.30. The molecule has 0 heterocycles. The molecule has 1 aliphatic rings. The molecular formula is C15H18FNO. The molecule has 2 rings (SSSR count). The van der Waals surface area contributed by atoms with Crippen LogP contribution in [0.1, 0.15) is 24.8 Å². The van der Waals surface area contributed by atoms with Crippen molar-refractivity contribution in [3.63, 3.8) is 0 Å². The predicted octanol–water partition coefficient (Wildman–Crippen LogP) is 3.14. The zero-order chi connectivity index (χ0) is 13.0. The van der Waals surface area contributed by atoms with Crippen molar-refractivity contribution < 1.29 is 9.18 Å². The number of amides is 1. The molecule has 1 aromatic rings. The molecular weight excluding hydrogens is 229 g/mol. The van der Waals surface area contributed by atoms with E-state index in [1.165, 1.54) is 12.1 Å². The van der Waals surface area contributed by atoms with Crippen LogP contribution in [0.15, 0.2) is 36.4 Å². The SMILES string of the molecule is CN(Cc1ccc(F)cc1)C(=O)C1CC=CCC1. The van der Waals surface area contributed by atoms with Crippen molar-refractivity contribution in [3.8, 4) is 0 Å². The molecule has 1 aliphatic carbocycles. The van der Waals surface area contributed by atoms with Gasteiger partial charge in [-0.3, -0.25) is 4.79 Å². The highest BCUT2D eigenvalue weighted by molar-refractivity contribution is 5.78. The summed E-state index contributed by atoms with van der Waals surface area (Å²) >= 11 is 0. The molecule has 3 heteroatoms. The van der Waals surface area contributed by atoms with Crippen molar-refractivity contribution >= 4 is 5.91 Å². The maximum Gasteiger partial charge on any atom is 0.226 e. The smallest absolute Gasteiger partial charge is 0.226 e. The highest BCUT2D eigenvalue weighted by Gasteiger charge is 2.21. The second-order valence-electron chi connectivity index (χ2n) is 4.80. The normalized spacial score (nSPS) is 18.7. The van der Waals surface area contributed by atoms with Crippen LogP contribution in [0.5, 0.6) is 0 Å². The van der Waals surface area contributed by atoms with Crippen LogP contribution < -0.4 is 0 Å². The molecule has 18 heavy (non-hydrogen) atoms. The minimum Gasteiger partial charge on any atom is -0.341 e. The largest absolute Gasteiger partial charge is 0.341 e. The summed E-state index contributed by atoms with van der Waals surface area (Å²) in [7, 11) is 1.81. The summed E-state index contributed by atoms with van der Waals surface area (Å²) in [5.74, 6) is 0.0503. The number of nitrogens with zero attached hydrogens (tertiary/aromatic N) is 1. The van der Waals surface area contributed by atoms with Crippen molar-refractivity contribution in [2.45, 2.75) is 25.8 Å². The zero-order valence-corrected chi connectivity index (χ0v) is 10.6. The van der Waals surface area contributed by atoms with Gasteiger partial charge in [0, 0.05) is 19.5 Å². The molecule has 0 aliphatic heterocycles. The van der Waals surface area contributed by atoms with E-state index in [1.807, 2.05) is 7.05 Å². The van der Waals surface area contributed by atoms with Crippen molar-refractivity contribution in [3.05, 3.63) is 47.8 Å². The van der Waals surface area contributed by atoms with E-state index in [9.17, 15) is 9.18 Å². The van der Waals surface area contributed by atoms with Crippen LogP contribution in [0.2, 0.25) is 0 Å². The molecule has 1 atom stereocenters. The Morgan fingerprint density at radius 1 is 1.33 bits per heavy atom. The Kier molecular flexibility index (Phi) is 4.13. The van der Waals surface area contributed by atoms with Gasteiger partial charge in [0.1, 0.15) is 5.82 Å². The van der Waals surface area contributed by atoms with Crippen LogP contribution in [0.25, 0.3) is 0 Å². The molecule has 0 radical (unpaired) electrons. The van der Waals surface area contributed by atoms with Crippen LogP contribution in [-0.4, -0.2) is 17.9 Å². The summed E-state index contributed by atoms with van der Waals surface area (Å²) in [6.45, 7) is 0.541. The Morgan fingerprint density at radius 2 is 2.06 bits per heavy atom. The van der Waals surface area contributed by atoms with Gasteiger partial charge < -0.3 is 4.90 Å². The summed E-state index contributed by atoms with van der Waals surface area (Å²) in [6.07, 6.45) is 6.97. The first kappa shape index (κ1) is 12.8. The van der Waals surface area contributed by atoms with Crippen molar-refractivity contribution in [2.75, 3.05) is 7.05 Å². The van der Waals surface area contributed by atoms with Gasteiger partial charge in [-0.15, -0.1) is 0 Å². The molecule has 0 spiro atoms. The van der Waals surface area contributed by atoms with E-state index < -0.39 is 0 Å². The fourth-order valence-corrected chi connectivity index (χ4v) is 2.27. The van der Waals surface area contributed by atoms with Crippen LogP contribution >= 0.6 is 0 Å². The quantitative estimate of drug-likeness (QED) is 0.751. The van der Waals surface area contributed by atoms with E-state index in [2.05, 4.69) is 12.2 Å². The lowest BCUT2D eigenvalue weighted by Gasteiger charge is -2.24. The summed E-state index contributed by atoms with van der Waals surface area (Å²) in [4.78, 5) is 13.9. The average Bonchev–Trinajstić information content (AvgIpc) is 2.41. The van der Waals surface area contributed by atoms with Crippen LogP contribution in [0, 0.1) is 11.7 Å². The van der Waals surface area contributed by atoms with Crippen molar-refractivity contribution in [2.24, 2.45) is 5.92 Å². The highest BCUT2D eigenvalue weighted by Crippen LogP contribution is 2.20. The first-order valence-corrected chi connectivity index (χ1v) is 6.31. The Bertz CT molecular complexity index is 438. The highest BCUT2D eigenvalue weighted by atomic mass is 19.1. The fraction of sp³-hybridized carbons (Fsp3) is 0.400.